The number of nitrogens with one attached hydrogen (secondary N) is 3. The van der Waals surface area contributed by atoms with Gasteiger partial charge in [-0.05, 0) is 24.8 Å². The fourth-order valence-corrected chi connectivity index (χ4v) is 2.30. The van der Waals surface area contributed by atoms with Crippen LogP contribution in [0.3, 0.4) is 0 Å². The predicted octanol–water partition coefficient (Wildman–Crippen LogP) is -0.174. The molecule has 0 aliphatic rings. The summed E-state index contributed by atoms with van der Waals surface area (Å²) in [5, 5.41) is 22.2. The van der Waals surface area contributed by atoms with Gasteiger partial charge in [-0.3, -0.25) is 15.0 Å². The lowest BCUT2D eigenvalue weighted by Crippen LogP contribution is -2.54. The molecule has 0 heterocycles. The van der Waals surface area contributed by atoms with E-state index in [0.29, 0.717) is 12.0 Å². The molecule has 8 N–H and O–H groups in total. The van der Waals surface area contributed by atoms with Crippen LogP contribution >= 0.6 is 0 Å². The Morgan fingerprint density at radius 3 is 2.19 bits per heavy atom. The maximum Gasteiger partial charge on any atom is 0.242 e. The second-order valence-corrected chi connectivity index (χ2v) is 6.79. The number of hydrogen-bond acceptors (Lipinski definition) is 5. The molecule has 26 heavy (non-hydrogen) atoms. The monoisotopic (exact) mass is 363 g/mol. The lowest BCUT2D eigenvalue weighted by Gasteiger charge is -2.23. The summed E-state index contributed by atoms with van der Waals surface area (Å²) in [5.41, 5.74) is 12.5. The Kier molecular flexibility index (Phi) is 8.21. The van der Waals surface area contributed by atoms with Crippen molar-refractivity contribution in [2.75, 3.05) is 0 Å². The lowest BCUT2D eigenvalue weighted by atomic mass is 10.0. The normalized spacial score (nSPS) is 14.4. The Hall–Kier alpha value is -2.45. The number of amides is 2. The van der Waals surface area contributed by atoms with Crippen LogP contribution in [0.5, 0.6) is 0 Å². The summed E-state index contributed by atoms with van der Waals surface area (Å²) in [6.45, 7) is 5.60. The molecule has 2 unspecified atom stereocenters. The van der Waals surface area contributed by atoms with Gasteiger partial charge in [-0.15, -0.1) is 0 Å². The standard InChI is InChI=1S/C18H29N5O3/c1-10(2)8-14(23-18(26)15(19)11(3)24)17(25)22-9-12-4-6-13(7-5-12)16(20)21/h4-7,10-11,14-15,24H,8-9,19H2,1-3H3,(H3,20,21)(H,22,25)(H,23,26)/t11?,14?,15-/m1/s1. The number of carbonyl (C=O) groups is 2. The first-order valence-corrected chi connectivity index (χ1v) is 8.56. The molecule has 1 rings (SSSR count). The van der Waals surface area contributed by atoms with Gasteiger partial charge in [0.05, 0.1) is 6.10 Å². The van der Waals surface area contributed by atoms with Crippen LogP contribution in [-0.2, 0) is 16.1 Å². The highest BCUT2D eigenvalue weighted by atomic mass is 16.3. The highest BCUT2D eigenvalue weighted by molar-refractivity contribution is 5.95. The van der Waals surface area contributed by atoms with Crippen molar-refractivity contribution in [3.05, 3.63) is 35.4 Å². The molecule has 1 aromatic carbocycles. The minimum atomic E-state index is -1.09. The van der Waals surface area contributed by atoms with Crippen molar-refractivity contribution in [1.29, 1.82) is 5.41 Å². The van der Waals surface area contributed by atoms with Gasteiger partial charge in [0.15, 0.2) is 0 Å². The molecule has 0 fully saturated rings. The molecule has 0 saturated carbocycles. The summed E-state index contributed by atoms with van der Waals surface area (Å²) in [4.78, 5) is 24.5. The van der Waals surface area contributed by atoms with Gasteiger partial charge in [-0.25, -0.2) is 0 Å². The largest absolute Gasteiger partial charge is 0.391 e. The van der Waals surface area contributed by atoms with Gasteiger partial charge in [0, 0.05) is 12.1 Å². The third-order valence-corrected chi connectivity index (χ3v) is 3.89. The number of amidine groups is 1. The Balaban J connectivity index is 2.70. The van der Waals surface area contributed by atoms with E-state index in [0.717, 1.165) is 5.56 Å². The van der Waals surface area contributed by atoms with Gasteiger partial charge in [0.25, 0.3) is 0 Å². The summed E-state index contributed by atoms with van der Waals surface area (Å²) in [7, 11) is 0. The molecular formula is C18H29N5O3. The summed E-state index contributed by atoms with van der Waals surface area (Å²) in [5.74, 6) is -0.717. The number of nitrogen functional groups attached to an aromatic ring is 1. The fourth-order valence-electron chi connectivity index (χ4n) is 2.30. The summed E-state index contributed by atoms with van der Waals surface area (Å²) in [6.07, 6.45) is -0.551. The Labute approximate surface area is 153 Å². The number of aliphatic hydroxyl groups excluding tert-OH is 1. The van der Waals surface area contributed by atoms with E-state index in [9.17, 15) is 14.7 Å². The Morgan fingerprint density at radius 2 is 1.73 bits per heavy atom. The van der Waals surface area contributed by atoms with E-state index in [-0.39, 0.29) is 24.2 Å². The molecule has 0 spiro atoms. The highest BCUT2D eigenvalue weighted by Crippen LogP contribution is 2.07. The zero-order chi connectivity index (χ0) is 19.9. The first kappa shape index (κ1) is 21.6. The van der Waals surface area contributed by atoms with Crippen LogP contribution in [0.2, 0.25) is 0 Å². The maximum absolute atomic E-state index is 12.5. The molecule has 8 nitrogen and oxygen atoms in total. The smallest absolute Gasteiger partial charge is 0.242 e. The SMILES string of the molecule is CC(C)CC(NC(=O)[C@H](N)C(C)O)C(=O)NCc1ccc(C(=N)N)cc1. The average molecular weight is 363 g/mol. The van der Waals surface area contributed by atoms with Gasteiger partial charge in [0.2, 0.25) is 11.8 Å². The first-order chi connectivity index (χ1) is 12.1. The first-order valence-electron chi connectivity index (χ1n) is 8.56. The number of rotatable bonds is 9. The van der Waals surface area contributed by atoms with E-state index in [4.69, 9.17) is 16.9 Å². The molecule has 8 heteroatoms. The average Bonchev–Trinajstić information content (AvgIpc) is 2.58. The Morgan fingerprint density at radius 1 is 1.15 bits per heavy atom. The number of aliphatic hydroxyl groups is 1. The molecule has 0 radical (unpaired) electrons. The maximum atomic E-state index is 12.5. The van der Waals surface area contributed by atoms with Gasteiger partial charge < -0.3 is 27.2 Å². The highest BCUT2D eigenvalue weighted by Gasteiger charge is 2.26. The minimum absolute atomic E-state index is 0.0188. The van der Waals surface area contributed by atoms with Crippen LogP contribution < -0.4 is 22.1 Å². The van der Waals surface area contributed by atoms with E-state index >= 15 is 0 Å². The van der Waals surface area contributed by atoms with Crippen LogP contribution in [0.15, 0.2) is 24.3 Å². The van der Waals surface area contributed by atoms with Crippen LogP contribution in [0.1, 0.15) is 38.3 Å². The van der Waals surface area contributed by atoms with Crippen molar-refractivity contribution in [2.45, 2.75) is 51.9 Å². The van der Waals surface area contributed by atoms with E-state index in [1.165, 1.54) is 6.92 Å². The van der Waals surface area contributed by atoms with Crippen LogP contribution in [-0.4, -0.2) is 40.9 Å². The van der Waals surface area contributed by atoms with E-state index in [2.05, 4.69) is 10.6 Å². The van der Waals surface area contributed by atoms with E-state index < -0.39 is 24.1 Å². The van der Waals surface area contributed by atoms with Crippen LogP contribution in [0.25, 0.3) is 0 Å². The van der Waals surface area contributed by atoms with E-state index in [1.807, 2.05) is 13.8 Å². The van der Waals surface area contributed by atoms with Crippen molar-refractivity contribution >= 4 is 17.6 Å². The molecule has 0 aromatic heterocycles. The van der Waals surface area contributed by atoms with Gasteiger partial charge in [0.1, 0.15) is 17.9 Å². The van der Waals surface area contributed by atoms with Gasteiger partial charge in [-0.1, -0.05) is 38.1 Å². The molecule has 144 valence electrons. The Bertz CT molecular complexity index is 628. The quantitative estimate of drug-likeness (QED) is 0.265. The number of carbonyl (C=O) groups excluding carboxylic acids is 2. The third-order valence-electron chi connectivity index (χ3n) is 3.89. The molecule has 0 aliphatic carbocycles. The molecule has 3 atom stereocenters. The second kappa shape index (κ2) is 9.88. The zero-order valence-corrected chi connectivity index (χ0v) is 15.5. The second-order valence-electron chi connectivity index (χ2n) is 6.79. The van der Waals surface area contributed by atoms with Crippen LogP contribution in [0, 0.1) is 11.3 Å². The minimum Gasteiger partial charge on any atom is -0.391 e. The number of nitrogens with two attached hydrogens (primary N) is 2. The van der Waals surface area contributed by atoms with Gasteiger partial charge >= 0.3 is 0 Å². The molecule has 0 aliphatic heterocycles. The van der Waals surface area contributed by atoms with Crippen molar-refractivity contribution in [3.8, 4) is 0 Å². The fraction of sp³-hybridized carbons (Fsp3) is 0.500. The summed E-state index contributed by atoms with van der Waals surface area (Å²) >= 11 is 0. The molecule has 2 amide bonds. The number of hydrogen-bond donors (Lipinski definition) is 6. The van der Waals surface area contributed by atoms with Gasteiger partial charge in [-0.2, -0.15) is 0 Å². The molecule has 0 bridgehead atoms. The number of benzene rings is 1. The molecule has 1 aromatic rings. The van der Waals surface area contributed by atoms with E-state index in [1.54, 1.807) is 24.3 Å². The van der Waals surface area contributed by atoms with Crippen molar-refractivity contribution in [3.63, 3.8) is 0 Å². The topological polar surface area (TPSA) is 154 Å². The predicted molar refractivity (Wildman–Crippen MR) is 100 cm³/mol. The van der Waals surface area contributed by atoms with Crippen molar-refractivity contribution < 1.29 is 14.7 Å². The lowest BCUT2D eigenvalue weighted by molar-refractivity contribution is -0.131. The molecule has 0 saturated heterocycles. The summed E-state index contributed by atoms with van der Waals surface area (Å²) in [6, 6.07) is 5.14. The van der Waals surface area contributed by atoms with Crippen molar-refractivity contribution in [2.24, 2.45) is 17.4 Å². The molecular weight excluding hydrogens is 334 g/mol. The third kappa shape index (κ3) is 6.81. The van der Waals surface area contributed by atoms with Crippen LogP contribution in [0.4, 0.5) is 0 Å². The van der Waals surface area contributed by atoms with Crippen molar-refractivity contribution in [1.82, 2.24) is 10.6 Å². The zero-order valence-electron chi connectivity index (χ0n) is 15.5. The summed E-state index contributed by atoms with van der Waals surface area (Å²) < 4.78 is 0.